The second kappa shape index (κ2) is 7.92. The molecule has 0 radical (unpaired) electrons. The lowest BCUT2D eigenvalue weighted by atomic mass is 10.1. The third-order valence-electron chi connectivity index (χ3n) is 4.82. The van der Waals surface area contributed by atoms with E-state index < -0.39 is 6.04 Å². The van der Waals surface area contributed by atoms with Crippen molar-refractivity contribution in [1.82, 2.24) is 4.90 Å². The van der Waals surface area contributed by atoms with Gasteiger partial charge in [0.25, 0.3) is 11.8 Å². The van der Waals surface area contributed by atoms with E-state index in [4.69, 9.17) is 4.74 Å². The molecule has 7 heteroatoms. The molecule has 2 unspecified atom stereocenters. The first-order valence-electron chi connectivity index (χ1n) is 8.85. The maximum atomic E-state index is 13.1. The molecule has 3 amide bonds. The van der Waals surface area contributed by atoms with Crippen LogP contribution in [-0.2, 0) is 9.59 Å². The first-order chi connectivity index (χ1) is 13.0. The van der Waals surface area contributed by atoms with Gasteiger partial charge >= 0.3 is 0 Å². The monoisotopic (exact) mass is 386 g/mol. The van der Waals surface area contributed by atoms with E-state index in [0.717, 1.165) is 0 Å². The number of hydrogen-bond acceptors (Lipinski definition) is 5. The van der Waals surface area contributed by atoms with Crippen molar-refractivity contribution in [1.29, 1.82) is 0 Å². The fourth-order valence-corrected chi connectivity index (χ4v) is 3.88. The lowest BCUT2D eigenvalue weighted by Gasteiger charge is -2.32. The van der Waals surface area contributed by atoms with Crippen LogP contribution in [0.15, 0.2) is 41.8 Å². The first-order valence-corrected chi connectivity index (χ1v) is 9.72. The van der Waals surface area contributed by atoms with E-state index in [9.17, 15) is 14.4 Å². The third-order valence-corrected chi connectivity index (χ3v) is 5.68. The van der Waals surface area contributed by atoms with E-state index in [1.54, 1.807) is 48.4 Å². The number of thiophene rings is 1. The molecule has 0 N–H and O–H groups in total. The Balaban J connectivity index is 1.91. The number of amides is 3. The van der Waals surface area contributed by atoms with Crippen LogP contribution in [0, 0.1) is 0 Å². The van der Waals surface area contributed by atoms with Gasteiger partial charge in [0.2, 0.25) is 5.91 Å². The number of benzene rings is 1. The third kappa shape index (κ3) is 3.60. The van der Waals surface area contributed by atoms with Gasteiger partial charge in [-0.1, -0.05) is 13.0 Å². The Kier molecular flexibility index (Phi) is 5.60. The Morgan fingerprint density at radius 3 is 2.56 bits per heavy atom. The van der Waals surface area contributed by atoms with Crippen LogP contribution in [0.4, 0.5) is 5.69 Å². The fourth-order valence-electron chi connectivity index (χ4n) is 3.21. The van der Waals surface area contributed by atoms with Crippen LogP contribution < -0.4 is 9.64 Å². The predicted molar refractivity (Wildman–Crippen MR) is 104 cm³/mol. The van der Waals surface area contributed by atoms with Crippen molar-refractivity contribution >= 4 is 34.7 Å². The van der Waals surface area contributed by atoms with Crippen molar-refractivity contribution in [2.45, 2.75) is 38.8 Å². The minimum absolute atomic E-state index is 0.00762. The summed E-state index contributed by atoms with van der Waals surface area (Å²) in [6.45, 7) is 3.86. The van der Waals surface area contributed by atoms with Gasteiger partial charge in [0.05, 0.1) is 24.1 Å². The highest BCUT2D eigenvalue weighted by Crippen LogP contribution is 2.30. The van der Waals surface area contributed by atoms with Gasteiger partial charge in [-0.25, -0.2) is 4.90 Å². The molecule has 1 fully saturated rings. The summed E-state index contributed by atoms with van der Waals surface area (Å²) in [7, 11) is 1.55. The molecule has 0 spiro atoms. The summed E-state index contributed by atoms with van der Waals surface area (Å²) in [6.07, 6.45) is 0.684. The van der Waals surface area contributed by atoms with Gasteiger partial charge in [0.1, 0.15) is 11.8 Å². The summed E-state index contributed by atoms with van der Waals surface area (Å²) in [5.41, 5.74) is 0.487. The summed E-state index contributed by atoms with van der Waals surface area (Å²) in [5, 5.41) is 1.83. The van der Waals surface area contributed by atoms with Crippen LogP contribution >= 0.6 is 11.3 Å². The van der Waals surface area contributed by atoms with Crippen molar-refractivity contribution in [2.24, 2.45) is 0 Å². The lowest BCUT2D eigenvalue weighted by Crippen LogP contribution is -2.49. The number of imide groups is 1. The normalized spacial score (nSPS) is 17.9. The van der Waals surface area contributed by atoms with Gasteiger partial charge in [-0.15, -0.1) is 11.3 Å². The van der Waals surface area contributed by atoms with E-state index in [0.29, 0.717) is 22.7 Å². The van der Waals surface area contributed by atoms with Crippen LogP contribution in [0.5, 0.6) is 5.75 Å². The van der Waals surface area contributed by atoms with E-state index >= 15 is 0 Å². The van der Waals surface area contributed by atoms with Gasteiger partial charge in [-0.2, -0.15) is 0 Å². The zero-order valence-corrected chi connectivity index (χ0v) is 16.4. The van der Waals surface area contributed by atoms with Crippen LogP contribution in [0.1, 0.15) is 36.4 Å². The SMILES string of the molecule is CCC(C)N(C(=O)c1cccs1)C1CC(=O)N(c2ccc(OC)cc2)C1=O. The predicted octanol–water partition coefficient (Wildman–Crippen LogP) is 3.33. The quantitative estimate of drug-likeness (QED) is 0.714. The average molecular weight is 386 g/mol. The Morgan fingerprint density at radius 1 is 1.30 bits per heavy atom. The standard InChI is InChI=1S/C20H22N2O4S/c1-4-13(2)21(20(25)17-6-5-11-27-17)16-12-18(23)22(19(16)24)14-7-9-15(26-3)10-8-14/h5-11,13,16H,4,12H2,1-3H3. The number of methoxy groups -OCH3 is 1. The minimum Gasteiger partial charge on any atom is -0.497 e. The second-order valence-corrected chi connectivity index (χ2v) is 7.38. The van der Waals surface area contributed by atoms with Gasteiger partial charge in [0, 0.05) is 6.04 Å². The Labute approximate surface area is 162 Å². The molecule has 27 heavy (non-hydrogen) atoms. The van der Waals surface area contributed by atoms with E-state index in [2.05, 4.69) is 0 Å². The molecule has 2 atom stereocenters. The average Bonchev–Trinajstić information content (AvgIpc) is 3.31. The summed E-state index contributed by atoms with van der Waals surface area (Å²) in [5.74, 6) is -0.233. The van der Waals surface area contributed by atoms with Crippen molar-refractivity contribution in [3.05, 3.63) is 46.7 Å². The highest BCUT2D eigenvalue weighted by molar-refractivity contribution is 7.12. The molecule has 1 aromatic heterocycles. The number of rotatable bonds is 6. The molecule has 1 aliphatic heterocycles. The molecule has 0 saturated carbocycles. The van der Waals surface area contributed by atoms with E-state index in [1.165, 1.54) is 16.2 Å². The maximum Gasteiger partial charge on any atom is 0.264 e. The zero-order chi connectivity index (χ0) is 19.6. The minimum atomic E-state index is -0.788. The second-order valence-electron chi connectivity index (χ2n) is 6.43. The highest BCUT2D eigenvalue weighted by Gasteiger charge is 2.45. The molecule has 1 saturated heterocycles. The highest BCUT2D eigenvalue weighted by atomic mass is 32.1. The number of carbonyl (C=O) groups is 3. The molecule has 1 aromatic carbocycles. The first kappa shape index (κ1) is 19.1. The van der Waals surface area contributed by atoms with Gasteiger partial charge < -0.3 is 9.64 Å². The number of ether oxygens (including phenoxy) is 1. The molecular formula is C20H22N2O4S. The van der Waals surface area contributed by atoms with Gasteiger partial charge in [-0.05, 0) is 49.1 Å². The Hall–Kier alpha value is -2.67. The Morgan fingerprint density at radius 2 is 2.00 bits per heavy atom. The molecule has 0 bridgehead atoms. The molecule has 3 rings (SSSR count). The summed E-state index contributed by atoms with van der Waals surface area (Å²) < 4.78 is 5.12. The molecular weight excluding hydrogens is 364 g/mol. The van der Waals surface area contributed by atoms with Crippen LogP contribution in [0.3, 0.4) is 0 Å². The Bertz CT molecular complexity index is 832. The largest absolute Gasteiger partial charge is 0.497 e. The van der Waals surface area contributed by atoms with Crippen molar-refractivity contribution in [3.8, 4) is 5.75 Å². The fraction of sp³-hybridized carbons (Fsp3) is 0.350. The number of nitrogens with zero attached hydrogens (tertiary/aromatic N) is 2. The zero-order valence-electron chi connectivity index (χ0n) is 15.5. The summed E-state index contributed by atoms with van der Waals surface area (Å²) >= 11 is 1.33. The molecule has 6 nitrogen and oxygen atoms in total. The molecule has 2 aromatic rings. The number of hydrogen-bond donors (Lipinski definition) is 0. The van der Waals surface area contributed by atoms with E-state index in [1.807, 2.05) is 19.2 Å². The van der Waals surface area contributed by atoms with Gasteiger partial charge in [0.15, 0.2) is 0 Å². The molecule has 2 heterocycles. The van der Waals surface area contributed by atoms with E-state index in [-0.39, 0.29) is 30.2 Å². The molecule has 142 valence electrons. The van der Waals surface area contributed by atoms with Crippen LogP contribution in [0.25, 0.3) is 0 Å². The molecule has 0 aliphatic carbocycles. The smallest absolute Gasteiger partial charge is 0.264 e. The maximum absolute atomic E-state index is 13.1. The van der Waals surface area contributed by atoms with Crippen molar-refractivity contribution < 1.29 is 19.1 Å². The topological polar surface area (TPSA) is 66.9 Å². The van der Waals surface area contributed by atoms with Gasteiger partial charge in [-0.3, -0.25) is 14.4 Å². The van der Waals surface area contributed by atoms with Crippen molar-refractivity contribution in [3.63, 3.8) is 0 Å². The van der Waals surface area contributed by atoms with Crippen LogP contribution in [0.2, 0.25) is 0 Å². The lowest BCUT2D eigenvalue weighted by molar-refractivity contribution is -0.122. The number of carbonyl (C=O) groups excluding carboxylic acids is 3. The van der Waals surface area contributed by atoms with Crippen molar-refractivity contribution in [2.75, 3.05) is 12.0 Å². The summed E-state index contributed by atoms with van der Waals surface area (Å²) in [4.78, 5) is 42.0. The number of anilines is 1. The summed E-state index contributed by atoms with van der Waals surface area (Å²) in [6, 6.07) is 9.35. The molecule has 1 aliphatic rings. The van der Waals surface area contributed by atoms with Crippen LogP contribution in [-0.4, -0.2) is 41.8 Å².